The van der Waals surface area contributed by atoms with Crippen LogP contribution in [0.2, 0.25) is 0 Å². The van der Waals surface area contributed by atoms with E-state index in [1.54, 1.807) is 24.5 Å². The van der Waals surface area contributed by atoms with E-state index in [1.807, 2.05) is 30.3 Å². The largest absolute Gasteiger partial charge is 0.322 e. The molecule has 1 N–H and O–H groups in total. The molecule has 20 heavy (non-hydrogen) atoms. The van der Waals surface area contributed by atoms with Gasteiger partial charge in [0.05, 0.1) is 11.1 Å². The molecule has 1 heterocycles. The molecular weight excluding hydrogens is 318 g/mol. The zero-order valence-corrected chi connectivity index (χ0v) is 12.0. The Hall–Kier alpha value is -2.27. The monoisotopic (exact) mass is 327 g/mol. The van der Waals surface area contributed by atoms with Crippen molar-refractivity contribution in [2.45, 2.75) is 0 Å². The average Bonchev–Trinajstić information content (AvgIpc) is 2.46. The molecule has 0 radical (unpaired) electrons. The standard InChI is InChI=1S/C15H10BrN3O/c16-10-3-1-4-11(9-10)19-15(20)12-5-2-6-13-14(12)18-8-7-17-13/h1-9H,(H,19,20). The second kappa shape index (κ2) is 5.38. The second-order valence-electron chi connectivity index (χ2n) is 4.19. The fraction of sp³-hybridized carbons (Fsp3) is 0. The van der Waals surface area contributed by atoms with Crippen molar-refractivity contribution in [1.82, 2.24) is 9.97 Å². The van der Waals surface area contributed by atoms with Crippen LogP contribution in [0.5, 0.6) is 0 Å². The Bertz CT molecular complexity index is 783. The van der Waals surface area contributed by atoms with Crippen molar-refractivity contribution in [3.8, 4) is 0 Å². The highest BCUT2D eigenvalue weighted by atomic mass is 79.9. The molecule has 0 aliphatic rings. The molecule has 4 nitrogen and oxygen atoms in total. The first kappa shape index (κ1) is 12.7. The van der Waals surface area contributed by atoms with E-state index in [2.05, 4.69) is 31.2 Å². The summed E-state index contributed by atoms with van der Waals surface area (Å²) in [7, 11) is 0. The lowest BCUT2D eigenvalue weighted by Gasteiger charge is -2.07. The number of carbonyl (C=O) groups is 1. The molecule has 0 unspecified atom stereocenters. The van der Waals surface area contributed by atoms with Crippen molar-refractivity contribution in [3.63, 3.8) is 0 Å². The van der Waals surface area contributed by atoms with E-state index in [0.717, 1.165) is 10.2 Å². The van der Waals surface area contributed by atoms with E-state index in [-0.39, 0.29) is 5.91 Å². The third kappa shape index (κ3) is 2.53. The van der Waals surface area contributed by atoms with Gasteiger partial charge in [-0.1, -0.05) is 28.1 Å². The molecule has 1 amide bonds. The summed E-state index contributed by atoms with van der Waals surface area (Å²) in [6.07, 6.45) is 3.19. The minimum Gasteiger partial charge on any atom is -0.322 e. The molecule has 0 aliphatic carbocycles. The fourth-order valence-corrected chi connectivity index (χ4v) is 2.34. The summed E-state index contributed by atoms with van der Waals surface area (Å²) in [5.41, 5.74) is 2.54. The van der Waals surface area contributed by atoms with Crippen molar-refractivity contribution < 1.29 is 4.79 Å². The number of carbonyl (C=O) groups excluding carboxylic acids is 1. The van der Waals surface area contributed by atoms with E-state index < -0.39 is 0 Å². The predicted octanol–water partition coefficient (Wildman–Crippen LogP) is 3.64. The quantitative estimate of drug-likeness (QED) is 0.781. The van der Waals surface area contributed by atoms with Crippen LogP contribution >= 0.6 is 15.9 Å². The van der Waals surface area contributed by atoms with E-state index in [9.17, 15) is 4.79 Å². The van der Waals surface area contributed by atoms with E-state index in [0.29, 0.717) is 16.6 Å². The van der Waals surface area contributed by atoms with Crippen LogP contribution in [0.4, 0.5) is 5.69 Å². The lowest BCUT2D eigenvalue weighted by atomic mass is 10.1. The number of nitrogens with one attached hydrogen (secondary N) is 1. The molecular formula is C15H10BrN3O. The molecule has 3 rings (SSSR count). The molecule has 0 atom stereocenters. The normalized spacial score (nSPS) is 10.4. The second-order valence-corrected chi connectivity index (χ2v) is 5.11. The Morgan fingerprint density at radius 3 is 2.70 bits per heavy atom. The average molecular weight is 328 g/mol. The van der Waals surface area contributed by atoms with Crippen LogP contribution in [0.25, 0.3) is 11.0 Å². The van der Waals surface area contributed by atoms with Crippen LogP contribution in [0, 0.1) is 0 Å². The zero-order chi connectivity index (χ0) is 13.9. The van der Waals surface area contributed by atoms with Gasteiger partial charge in [-0.3, -0.25) is 14.8 Å². The smallest absolute Gasteiger partial charge is 0.257 e. The van der Waals surface area contributed by atoms with Crippen molar-refractivity contribution in [3.05, 3.63) is 64.9 Å². The summed E-state index contributed by atoms with van der Waals surface area (Å²) in [5.74, 6) is -0.200. The van der Waals surface area contributed by atoms with Crippen LogP contribution in [-0.4, -0.2) is 15.9 Å². The Labute approximate surface area is 124 Å². The fourth-order valence-electron chi connectivity index (χ4n) is 1.94. The third-order valence-electron chi connectivity index (χ3n) is 2.83. The summed E-state index contributed by atoms with van der Waals surface area (Å²) in [6, 6.07) is 12.8. The van der Waals surface area contributed by atoms with Crippen LogP contribution in [0.15, 0.2) is 59.3 Å². The first-order valence-electron chi connectivity index (χ1n) is 6.01. The molecule has 0 fully saturated rings. The van der Waals surface area contributed by atoms with Crippen molar-refractivity contribution in [1.29, 1.82) is 0 Å². The molecule has 0 aliphatic heterocycles. The molecule has 0 saturated carbocycles. The van der Waals surface area contributed by atoms with Gasteiger partial charge in [-0.2, -0.15) is 0 Å². The molecule has 2 aromatic carbocycles. The zero-order valence-electron chi connectivity index (χ0n) is 10.4. The van der Waals surface area contributed by atoms with Gasteiger partial charge < -0.3 is 5.32 Å². The number of rotatable bonds is 2. The first-order valence-corrected chi connectivity index (χ1v) is 6.80. The highest BCUT2D eigenvalue weighted by Crippen LogP contribution is 2.19. The number of anilines is 1. The summed E-state index contributed by atoms with van der Waals surface area (Å²) in [6.45, 7) is 0. The molecule has 0 spiro atoms. The van der Waals surface area contributed by atoms with Gasteiger partial charge in [-0.05, 0) is 30.3 Å². The van der Waals surface area contributed by atoms with Gasteiger partial charge in [0.2, 0.25) is 0 Å². The van der Waals surface area contributed by atoms with Crippen LogP contribution in [-0.2, 0) is 0 Å². The molecule has 3 aromatic rings. The summed E-state index contributed by atoms with van der Waals surface area (Å²) in [4.78, 5) is 20.8. The molecule has 0 saturated heterocycles. The van der Waals surface area contributed by atoms with Gasteiger partial charge >= 0.3 is 0 Å². The first-order chi connectivity index (χ1) is 9.74. The van der Waals surface area contributed by atoms with Crippen LogP contribution in [0.1, 0.15) is 10.4 Å². The lowest BCUT2D eigenvalue weighted by molar-refractivity contribution is 0.102. The maximum absolute atomic E-state index is 12.3. The Balaban J connectivity index is 1.97. The number of fused-ring (bicyclic) bond motifs is 1. The van der Waals surface area contributed by atoms with E-state index in [1.165, 1.54) is 0 Å². The van der Waals surface area contributed by atoms with Gasteiger partial charge in [-0.15, -0.1) is 0 Å². The third-order valence-corrected chi connectivity index (χ3v) is 3.32. The van der Waals surface area contributed by atoms with Crippen molar-refractivity contribution in [2.75, 3.05) is 5.32 Å². The number of halogens is 1. The summed E-state index contributed by atoms with van der Waals surface area (Å²) < 4.78 is 0.910. The highest BCUT2D eigenvalue weighted by Gasteiger charge is 2.11. The minimum absolute atomic E-state index is 0.200. The van der Waals surface area contributed by atoms with E-state index >= 15 is 0 Å². The highest BCUT2D eigenvalue weighted by molar-refractivity contribution is 9.10. The van der Waals surface area contributed by atoms with Gasteiger partial charge in [0.15, 0.2) is 0 Å². The number of benzene rings is 2. The molecule has 1 aromatic heterocycles. The van der Waals surface area contributed by atoms with E-state index in [4.69, 9.17) is 0 Å². The lowest BCUT2D eigenvalue weighted by Crippen LogP contribution is -2.12. The number of nitrogens with zero attached hydrogens (tertiary/aromatic N) is 2. The Morgan fingerprint density at radius 2 is 1.85 bits per heavy atom. The predicted molar refractivity (Wildman–Crippen MR) is 81.6 cm³/mol. The maximum Gasteiger partial charge on any atom is 0.257 e. The summed E-state index contributed by atoms with van der Waals surface area (Å²) in [5, 5.41) is 2.85. The minimum atomic E-state index is -0.200. The Kier molecular flexibility index (Phi) is 3.43. The SMILES string of the molecule is O=C(Nc1cccc(Br)c1)c1cccc2nccnc12. The van der Waals surface area contributed by atoms with Crippen molar-refractivity contribution >= 4 is 38.6 Å². The van der Waals surface area contributed by atoms with Gasteiger partial charge in [0, 0.05) is 22.6 Å². The van der Waals surface area contributed by atoms with Gasteiger partial charge in [0.25, 0.3) is 5.91 Å². The molecule has 98 valence electrons. The Morgan fingerprint density at radius 1 is 1.05 bits per heavy atom. The number of para-hydroxylation sites is 1. The topological polar surface area (TPSA) is 54.9 Å². The molecule has 0 bridgehead atoms. The van der Waals surface area contributed by atoms with Gasteiger partial charge in [-0.25, -0.2) is 0 Å². The maximum atomic E-state index is 12.3. The van der Waals surface area contributed by atoms with Crippen LogP contribution < -0.4 is 5.32 Å². The summed E-state index contributed by atoms with van der Waals surface area (Å²) >= 11 is 3.37. The number of hydrogen-bond acceptors (Lipinski definition) is 3. The number of amides is 1. The number of hydrogen-bond donors (Lipinski definition) is 1. The van der Waals surface area contributed by atoms with Gasteiger partial charge in [0.1, 0.15) is 5.52 Å². The molecule has 5 heteroatoms. The van der Waals surface area contributed by atoms with Crippen molar-refractivity contribution in [2.24, 2.45) is 0 Å². The number of aromatic nitrogens is 2. The van der Waals surface area contributed by atoms with Crippen LogP contribution in [0.3, 0.4) is 0 Å².